The van der Waals surface area contributed by atoms with E-state index in [1.54, 1.807) is 0 Å². The highest BCUT2D eigenvalue weighted by Crippen LogP contribution is 2.31. The number of benzene rings is 1. The van der Waals surface area contributed by atoms with E-state index < -0.39 is 0 Å². The van der Waals surface area contributed by atoms with Crippen molar-refractivity contribution >= 4 is 17.4 Å². The van der Waals surface area contributed by atoms with E-state index in [9.17, 15) is 5.11 Å². The van der Waals surface area contributed by atoms with Gasteiger partial charge in [0, 0.05) is 22.7 Å². The standard InChI is InChI=1S/C13H19NOS/c1-8-5-13(15)9(2)4-12(8)14-11-6-10(3)16-7-11/h4-5,10-11,14-15H,6-7H2,1-3H3. The first kappa shape index (κ1) is 11.6. The summed E-state index contributed by atoms with van der Waals surface area (Å²) in [5.74, 6) is 1.57. The summed E-state index contributed by atoms with van der Waals surface area (Å²) >= 11 is 2.03. The van der Waals surface area contributed by atoms with Gasteiger partial charge in [-0.2, -0.15) is 11.8 Å². The summed E-state index contributed by atoms with van der Waals surface area (Å²) in [6, 6.07) is 4.45. The van der Waals surface area contributed by atoms with Crippen LogP contribution >= 0.6 is 11.8 Å². The Balaban J connectivity index is 2.12. The van der Waals surface area contributed by atoms with Gasteiger partial charge in [0.25, 0.3) is 0 Å². The van der Waals surface area contributed by atoms with E-state index in [1.165, 1.54) is 12.2 Å². The van der Waals surface area contributed by atoms with Crippen LogP contribution in [0, 0.1) is 13.8 Å². The van der Waals surface area contributed by atoms with Gasteiger partial charge in [-0.1, -0.05) is 6.92 Å². The van der Waals surface area contributed by atoms with Gasteiger partial charge in [-0.25, -0.2) is 0 Å². The highest BCUT2D eigenvalue weighted by molar-refractivity contribution is 8.00. The first-order valence-electron chi connectivity index (χ1n) is 5.74. The molecule has 1 fully saturated rings. The predicted molar refractivity (Wildman–Crippen MR) is 71.5 cm³/mol. The van der Waals surface area contributed by atoms with Crippen LogP contribution in [-0.4, -0.2) is 22.2 Å². The number of phenolic OH excluding ortho intramolecular Hbond substituents is 1. The van der Waals surface area contributed by atoms with E-state index in [4.69, 9.17) is 0 Å². The number of nitrogens with one attached hydrogen (secondary N) is 1. The molecule has 0 spiro atoms. The zero-order valence-electron chi connectivity index (χ0n) is 10.1. The molecule has 1 heterocycles. The van der Waals surface area contributed by atoms with Crippen molar-refractivity contribution < 1.29 is 5.11 Å². The number of aromatic hydroxyl groups is 1. The lowest BCUT2D eigenvalue weighted by Crippen LogP contribution is -2.19. The molecule has 0 saturated carbocycles. The minimum Gasteiger partial charge on any atom is -0.508 e. The monoisotopic (exact) mass is 237 g/mol. The lowest BCUT2D eigenvalue weighted by Gasteiger charge is -2.16. The lowest BCUT2D eigenvalue weighted by atomic mass is 10.1. The predicted octanol–water partition coefficient (Wildman–Crippen LogP) is 3.31. The average molecular weight is 237 g/mol. The van der Waals surface area contributed by atoms with Crippen molar-refractivity contribution in [3.63, 3.8) is 0 Å². The molecule has 1 aliphatic rings. The third kappa shape index (κ3) is 2.46. The Labute approximate surface area is 101 Å². The fourth-order valence-corrected chi connectivity index (χ4v) is 3.24. The van der Waals surface area contributed by atoms with Crippen molar-refractivity contribution in [3.8, 4) is 5.75 Å². The fourth-order valence-electron chi connectivity index (χ4n) is 2.09. The zero-order valence-corrected chi connectivity index (χ0v) is 10.9. The first-order chi connectivity index (χ1) is 7.56. The van der Waals surface area contributed by atoms with Crippen molar-refractivity contribution in [2.75, 3.05) is 11.1 Å². The number of rotatable bonds is 2. The maximum atomic E-state index is 9.60. The number of hydrogen-bond donors (Lipinski definition) is 2. The van der Waals surface area contributed by atoms with Gasteiger partial charge in [-0.05, 0) is 43.5 Å². The van der Waals surface area contributed by atoms with Crippen LogP contribution in [0.5, 0.6) is 5.75 Å². The second kappa shape index (κ2) is 4.58. The molecule has 2 unspecified atom stereocenters. The summed E-state index contributed by atoms with van der Waals surface area (Å²) in [5, 5.41) is 13.9. The van der Waals surface area contributed by atoms with Gasteiger partial charge in [-0.3, -0.25) is 0 Å². The van der Waals surface area contributed by atoms with Crippen molar-refractivity contribution in [3.05, 3.63) is 23.3 Å². The molecule has 1 saturated heterocycles. The summed E-state index contributed by atoms with van der Waals surface area (Å²) in [5.41, 5.74) is 3.22. The van der Waals surface area contributed by atoms with Crippen molar-refractivity contribution in [1.82, 2.24) is 0 Å². The van der Waals surface area contributed by atoms with Crippen LogP contribution in [0.25, 0.3) is 0 Å². The molecule has 0 amide bonds. The largest absolute Gasteiger partial charge is 0.508 e. The topological polar surface area (TPSA) is 32.3 Å². The van der Waals surface area contributed by atoms with E-state index >= 15 is 0 Å². The number of phenols is 1. The van der Waals surface area contributed by atoms with Crippen molar-refractivity contribution in [2.45, 2.75) is 38.5 Å². The Morgan fingerprint density at radius 3 is 2.69 bits per heavy atom. The maximum absolute atomic E-state index is 9.60. The molecular weight excluding hydrogens is 218 g/mol. The maximum Gasteiger partial charge on any atom is 0.118 e. The smallest absolute Gasteiger partial charge is 0.118 e. The van der Waals surface area contributed by atoms with Crippen LogP contribution < -0.4 is 5.32 Å². The molecule has 1 aromatic rings. The van der Waals surface area contributed by atoms with Gasteiger partial charge >= 0.3 is 0 Å². The number of thioether (sulfide) groups is 1. The second-order valence-corrected chi connectivity index (χ2v) is 6.15. The minimum absolute atomic E-state index is 0.386. The molecule has 0 aliphatic carbocycles. The molecule has 0 radical (unpaired) electrons. The minimum atomic E-state index is 0.386. The number of aryl methyl sites for hydroxylation is 2. The van der Waals surface area contributed by atoms with E-state index in [-0.39, 0.29) is 0 Å². The van der Waals surface area contributed by atoms with Crippen LogP contribution in [0.2, 0.25) is 0 Å². The van der Waals surface area contributed by atoms with Gasteiger partial charge in [0.2, 0.25) is 0 Å². The highest BCUT2D eigenvalue weighted by Gasteiger charge is 2.22. The SMILES string of the molecule is Cc1cc(NC2CSC(C)C2)c(C)cc1O. The quantitative estimate of drug-likeness (QED) is 0.774. The summed E-state index contributed by atoms with van der Waals surface area (Å²) in [6.45, 7) is 6.25. The molecule has 2 N–H and O–H groups in total. The second-order valence-electron chi connectivity index (χ2n) is 4.67. The molecule has 1 aromatic carbocycles. The van der Waals surface area contributed by atoms with E-state index in [0.29, 0.717) is 11.8 Å². The van der Waals surface area contributed by atoms with Crippen molar-refractivity contribution in [2.24, 2.45) is 0 Å². The molecule has 1 aliphatic heterocycles. The average Bonchev–Trinajstić information content (AvgIpc) is 2.60. The van der Waals surface area contributed by atoms with Crippen LogP contribution in [0.1, 0.15) is 24.5 Å². The molecule has 0 bridgehead atoms. The fraction of sp³-hybridized carbons (Fsp3) is 0.538. The summed E-state index contributed by atoms with van der Waals surface area (Å²) in [6.07, 6.45) is 1.23. The zero-order chi connectivity index (χ0) is 11.7. The molecule has 2 atom stereocenters. The third-order valence-electron chi connectivity index (χ3n) is 3.10. The Morgan fingerprint density at radius 2 is 2.06 bits per heavy atom. The molecule has 2 rings (SSSR count). The van der Waals surface area contributed by atoms with Gasteiger partial charge in [0.1, 0.15) is 5.75 Å². The Kier molecular flexibility index (Phi) is 3.33. The molecular formula is C13H19NOS. The summed E-state index contributed by atoms with van der Waals surface area (Å²) < 4.78 is 0. The third-order valence-corrected chi connectivity index (χ3v) is 4.46. The number of anilines is 1. The molecule has 88 valence electrons. The van der Waals surface area contributed by atoms with Crippen LogP contribution in [0.15, 0.2) is 12.1 Å². The van der Waals surface area contributed by atoms with E-state index in [0.717, 1.165) is 22.1 Å². The Bertz CT molecular complexity index is 392. The van der Waals surface area contributed by atoms with Crippen LogP contribution in [-0.2, 0) is 0 Å². The van der Waals surface area contributed by atoms with E-state index in [1.807, 2.05) is 37.7 Å². The Morgan fingerprint density at radius 1 is 1.31 bits per heavy atom. The Hall–Kier alpha value is -0.830. The molecule has 3 heteroatoms. The number of hydrogen-bond acceptors (Lipinski definition) is 3. The van der Waals surface area contributed by atoms with Crippen LogP contribution in [0.3, 0.4) is 0 Å². The van der Waals surface area contributed by atoms with Gasteiger partial charge < -0.3 is 10.4 Å². The van der Waals surface area contributed by atoms with Gasteiger partial charge in [-0.15, -0.1) is 0 Å². The van der Waals surface area contributed by atoms with Gasteiger partial charge in [0.05, 0.1) is 0 Å². The normalized spacial score (nSPS) is 24.7. The first-order valence-corrected chi connectivity index (χ1v) is 6.79. The summed E-state index contributed by atoms with van der Waals surface area (Å²) in [7, 11) is 0. The van der Waals surface area contributed by atoms with Crippen LogP contribution in [0.4, 0.5) is 5.69 Å². The van der Waals surface area contributed by atoms with Gasteiger partial charge in [0.15, 0.2) is 0 Å². The highest BCUT2D eigenvalue weighted by atomic mass is 32.2. The lowest BCUT2D eigenvalue weighted by molar-refractivity contribution is 0.470. The van der Waals surface area contributed by atoms with Crippen molar-refractivity contribution in [1.29, 1.82) is 0 Å². The molecule has 2 nitrogen and oxygen atoms in total. The molecule has 16 heavy (non-hydrogen) atoms. The molecule has 0 aromatic heterocycles. The van der Waals surface area contributed by atoms with E-state index in [2.05, 4.69) is 12.2 Å². The summed E-state index contributed by atoms with van der Waals surface area (Å²) in [4.78, 5) is 0.